The third kappa shape index (κ3) is 1.47. The van der Waals surface area contributed by atoms with Crippen LogP contribution in [0.1, 0.15) is 0 Å². The molecule has 0 fully saturated rings. The molecule has 0 atom stereocenters. The van der Waals surface area contributed by atoms with Gasteiger partial charge in [-0.25, -0.2) is 14.6 Å². The summed E-state index contributed by atoms with van der Waals surface area (Å²) in [7, 11) is 0. The van der Waals surface area contributed by atoms with E-state index in [4.69, 9.17) is 11.6 Å². The molecule has 0 bridgehead atoms. The van der Waals surface area contributed by atoms with Crippen LogP contribution in [-0.2, 0) is 0 Å². The highest BCUT2D eigenvalue weighted by atomic mass is 35.5. The van der Waals surface area contributed by atoms with E-state index in [1.165, 1.54) is 11.3 Å². The summed E-state index contributed by atoms with van der Waals surface area (Å²) in [4.78, 5) is 9.24. The summed E-state index contributed by atoms with van der Waals surface area (Å²) in [5.41, 5.74) is 1.52. The number of fused-ring (bicyclic) bond motifs is 1. The maximum atomic E-state index is 5.83. The monoisotopic (exact) mass is 238 g/mol. The van der Waals surface area contributed by atoms with Crippen molar-refractivity contribution in [1.29, 1.82) is 0 Å². The first-order chi connectivity index (χ1) is 7.33. The van der Waals surface area contributed by atoms with Crippen LogP contribution in [0.4, 0.5) is 0 Å². The largest absolute Gasteiger partial charge is 0.243 e. The molecule has 0 saturated heterocycles. The Morgan fingerprint density at radius 3 is 2.87 bits per heavy atom. The van der Waals surface area contributed by atoms with Gasteiger partial charge in [0.15, 0.2) is 0 Å². The van der Waals surface area contributed by atoms with Crippen molar-refractivity contribution in [3.8, 4) is 10.6 Å². The molecule has 3 aromatic heterocycles. The molecule has 0 amide bonds. The van der Waals surface area contributed by atoms with Crippen LogP contribution in [0.15, 0.2) is 23.0 Å². The van der Waals surface area contributed by atoms with Crippen LogP contribution in [0.25, 0.3) is 21.9 Å². The van der Waals surface area contributed by atoms with Crippen molar-refractivity contribution in [2.24, 2.45) is 0 Å². The minimum absolute atomic E-state index is 0.400. The van der Waals surface area contributed by atoms with Gasteiger partial charge in [-0.3, -0.25) is 0 Å². The first-order valence-electron chi connectivity index (χ1n) is 4.04. The van der Waals surface area contributed by atoms with Gasteiger partial charge in [-0.15, -0.1) is 11.3 Å². The first-order valence-corrected chi connectivity index (χ1v) is 5.23. The molecule has 3 aromatic rings. The third-order valence-electron chi connectivity index (χ3n) is 1.82. The van der Waals surface area contributed by atoms with Gasteiger partial charge >= 0.3 is 0 Å². The molecule has 0 aliphatic rings. The summed E-state index contributed by atoms with van der Waals surface area (Å²) in [6.07, 6.45) is 1.62. The van der Waals surface area contributed by atoms with E-state index >= 15 is 0 Å². The maximum Gasteiger partial charge on any atom is 0.243 e. The molecule has 0 aromatic carbocycles. The van der Waals surface area contributed by atoms with Gasteiger partial charge in [0, 0.05) is 0 Å². The van der Waals surface area contributed by atoms with Crippen molar-refractivity contribution in [2.45, 2.75) is 0 Å². The molecule has 0 unspecified atom stereocenters. The highest BCUT2D eigenvalue weighted by Crippen LogP contribution is 2.29. The molecule has 3 rings (SSSR count). The van der Waals surface area contributed by atoms with Gasteiger partial charge in [-0.05, 0) is 22.4 Å². The average molecular weight is 239 g/mol. The van der Waals surface area contributed by atoms with Gasteiger partial charge < -0.3 is 0 Å². The Bertz CT molecular complexity index is 620. The predicted molar refractivity (Wildman–Crippen MR) is 55.7 cm³/mol. The summed E-state index contributed by atoms with van der Waals surface area (Å²) < 4.78 is 5.23. The fourth-order valence-corrected chi connectivity index (χ4v) is 2.16. The molecule has 0 saturated carbocycles. The smallest absolute Gasteiger partial charge is 0.240 e. The SMILES string of the molecule is Clc1ccc(-c2cnc3nonc3n2)s1. The van der Waals surface area contributed by atoms with Gasteiger partial charge in [0.1, 0.15) is 5.69 Å². The minimum Gasteiger partial charge on any atom is -0.240 e. The Hall–Kier alpha value is -1.53. The van der Waals surface area contributed by atoms with Crippen molar-refractivity contribution >= 4 is 34.2 Å². The van der Waals surface area contributed by atoms with Crippen molar-refractivity contribution < 1.29 is 4.63 Å². The zero-order valence-electron chi connectivity index (χ0n) is 7.22. The lowest BCUT2D eigenvalue weighted by Gasteiger charge is -1.92. The second-order valence-electron chi connectivity index (χ2n) is 2.77. The lowest BCUT2D eigenvalue weighted by molar-refractivity contribution is 0.314. The zero-order chi connectivity index (χ0) is 10.3. The number of aromatic nitrogens is 4. The van der Waals surface area contributed by atoms with Crippen LogP contribution >= 0.6 is 22.9 Å². The topological polar surface area (TPSA) is 64.7 Å². The molecule has 0 aliphatic heterocycles. The number of nitrogens with zero attached hydrogens (tertiary/aromatic N) is 4. The van der Waals surface area contributed by atoms with Gasteiger partial charge in [0.2, 0.25) is 11.3 Å². The van der Waals surface area contributed by atoms with E-state index in [1.54, 1.807) is 6.20 Å². The molecular formula is C8H3ClN4OS. The van der Waals surface area contributed by atoms with E-state index < -0.39 is 0 Å². The van der Waals surface area contributed by atoms with Crippen molar-refractivity contribution in [1.82, 2.24) is 20.3 Å². The van der Waals surface area contributed by atoms with E-state index in [-0.39, 0.29) is 0 Å². The Kier molecular flexibility index (Phi) is 1.90. The Morgan fingerprint density at radius 1 is 1.20 bits per heavy atom. The first kappa shape index (κ1) is 8.75. The van der Waals surface area contributed by atoms with E-state index in [0.717, 1.165) is 10.6 Å². The normalized spacial score (nSPS) is 11.0. The van der Waals surface area contributed by atoms with Crippen LogP contribution in [0, 0.1) is 0 Å². The predicted octanol–water partition coefficient (Wildman–Crippen LogP) is 2.39. The minimum atomic E-state index is 0.400. The number of halogens is 1. The molecule has 74 valence electrons. The summed E-state index contributed by atoms with van der Waals surface area (Å²) >= 11 is 7.27. The molecular weight excluding hydrogens is 236 g/mol. The van der Waals surface area contributed by atoms with Crippen molar-refractivity contribution in [3.05, 3.63) is 22.7 Å². The summed E-state index contributed by atoms with van der Waals surface area (Å²) in [6, 6.07) is 3.70. The average Bonchev–Trinajstić information content (AvgIpc) is 2.84. The van der Waals surface area contributed by atoms with Gasteiger partial charge in [0.05, 0.1) is 15.4 Å². The molecule has 0 radical (unpaired) electrons. The molecule has 0 N–H and O–H groups in total. The summed E-state index contributed by atoms with van der Waals surface area (Å²) in [5.74, 6) is 0. The molecule has 3 heterocycles. The van der Waals surface area contributed by atoms with Crippen LogP contribution in [-0.4, -0.2) is 20.3 Å². The highest BCUT2D eigenvalue weighted by molar-refractivity contribution is 7.19. The fourth-order valence-electron chi connectivity index (χ4n) is 1.17. The number of hydrogen-bond donors (Lipinski definition) is 0. The second kappa shape index (κ2) is 3.25. The standard InChI is InChI=1S/C8H3ClN4OS/c9-6-2-1-5(15-6)4-3-10-7-8(11-4)13-14-12-7/h1-3H. The second-order valence-corrected chi connectivity index (χ2v) is 4.49. The zero-order valence-corrected chi connectivity index (χ0v) is 8.79. The summed E-state index contributed by atoms with van der Waals surface area (Å²) in [5, 5.41) is 7.20. The number of thiophene rings is 1. The Labute approximate surface area is 92.7 Å². The van der Waals surface area contributed by atoms with Crippen LogP contribution in [0.3, 0.4) is 0 Å². The van der Waals surface area contributed by atoms with Gasteiger partial charge in [-0.1, -0.05) is 11.6 Å². The highest BCUT2D eigenvalue weighted by Gasteiger charge is 2.08. The molecule has 15 heavy (non-hydrogen) atoms. The van der Waals surface area contributed by atoms with Gasteiger partial charge in [0.25, 0.3) is 0 Å². The molecule has 7 heteroatoms. The maximum absolute atomic E-state index is 5.83. The van der Waals surface area contributed by atoms with Crippen LogP contribution in [0.5, 0.6) is 0 Å². The van der Waals surface area contributed by atoms with E-state index in [1.807, 2.05) is 12.1 Å². The van der Waals surface area contributed by atoms with E-state index in [0.29, 0.717) is 15.6 Å². The molecule has 0 aliphatic carbocycles. The Balaban J connectivity index is 2.18. The van der Waals surface area contributed by atoms with Crippen molar-refractivity contribution in [2.75, 3.05) is 0 Å². The third-order valence-corrected chi connectivity index (χ3v) is 3.07. The van der Waals surface area contributed by atoms with Gasteiger partial charge in [-0.2, -0.15) is 0 Å². The van der Waals surface area contributed by atoms with Crippen molar-refractivity contribution in [3.63, 3.8) is 0 Å². The lowest BCUT2D eigenvalue weighted by atomic mass is 10.3. The Morgan fingerprint density at radius 2 is 2.07 bits per heavy atom. The van der Waals surface area contributed by atoms with Crippen LogP contribution in [0.2, 0.25) is 4.34 Å². The van der Waals surface area contributed by atoms with E-state index in [9.17, 15) is 0 Å². The quantitative estimate of drug-likeness (QED) is 0.651. The number of hydrogen-bond acceptors (Lipinski definition) is 6. The molecule has 5 nitrogen and oxygen atoms in total. The number of rotatable bonds is 1. The van der Waals surface area contributed by atoms with Crippen LogP contribution < -0.4 is 0 Å². The lowest BCUT2D eigenvalue weighted by Crippen LogP contribution is -1.85. The summed E-state index contributed by atoms with van der Waals surface area (Å²) in [6.45, 7) is 0. The van der Waals surface area contributed by atoms with E-state index in [2.05, 4.69) is 24.9 Å². The fraction of sp³-hybridized carbons (Fsp3) is 0. The molecule has 0 spiro atoms.